The highest BCUT2D eigenvalue weighted by molar-refractivity contribution is 14.0. The molecule has 2 aliphatic rings. The number of rotatable bonds is 9. The molecule has 7 heteroatoms. The number of methoxy groups -OCH3 is 1. The zero-order valence-electron chi connectivity index (χ0n) is 17.8. The molecule has 0 spiro atoms. The van der Waals surface area contributed by atoms with E-state index in [4.69, 9.17) is 14.2 Å². The van der Waals surface area contributed by atoms with Crippen molar-refractivity contribution in [2.75, 3.05) is 40.5 Å². The van der Waals surface area contributed by atoms with Crippen LogP contribution in [0.4, 0.5) is 0 Å². The fraction of sp³-hybridized carbons (Fsp3) is 0.682. The Labute approximate surface area is 192 Å². The normalized spacial score (nSPS) is 18.1. The molecule has 0 unspecified atom stereocenters. The molecule has 0 bridgehead atoms. The fourth-order valence-electron chi connectivity index (χ4n) is 3.63. The summed E-state index contributed by atoms with van der Waals surface area (Å²) < 4.78 is 17.2. The van der Waals surface area contributed by atoms with Crippen molar-refractivity contribution in [1.82, 2.24) is 10.2 Å². The third-order valence-corrected chi connectivity index (χ3v) is 5.56. The first-order valence-electron chi connectivity index (χ1n) is 10.6. The van der Waals surface area contributed by atoms with Crippen molar-refractivity contribution in [2.45, 2.75) is 57.3 Å². The Hall–Kier alpha value is -1.06. The average Bonchev–Trinajstić information content (AvgIpc) is 2.70. The summed E-state index contributed by atoms with van der Waals surface area (Å²) in [6.07, 6.45) is 7.40. The molecule has 1 aromatic carbocycles. The molecule has 0 atom stereocenters. The quantitative estimate of drug-likeness (QED) is 0.234. The molecule has 29 heavy (non-hydrogen) atoms. The second kappa shape index (κ2) is 13.3. The van der Waals surface area contributed by atoms with Gasteiger partial charge in [0.25, 0.3) is 0 Å². The summed E-state index contributed by atoms with van der Waals surface area (Å²) in [6.45, 7) is 4.21. The van der Waals surface area contributed by atoms with Crippen LogP contribution in [0.2, 0.25) is 0 Å². The van der Waals surface area contributed by atoms with Crippen molar-refractivity contribution < 1.29 is 14.2 Å². The number of ether oxygens (including phenoxy) is 3. The molecule has 1 saturated heterocycles. The van der Waals surface area contributed by atoms with Gasteiger partial charge in [0, 0.05) is 52.6 Å². The summed E-state index contributed by atoms with van der Waals surface area (Å²) in [7, 11) is 3.58. The highest BCUT2D eigenvalue weighted by atomic mass is 127. The van der Waals surface area contributed by atoms with Crippen LogP contribution in [0.15, 0.2) is 29.3 Å². The maximum Gasteiger partial charge on any atom is 0.193 e. The molecule has 0 aromatic heterocycles. The van der Waals surface area contributed by atoms with Gasteiger partial charge in [0.05, 0.1) is 12.2 Å². The van der Waals surface area contributed by atoms with Gasteiger partial charge in [-0.3, -0.25) is 4.99 Å². The van der Waals surface area contributed by atoms with Gasteiger partial charge in [-0.1, -0.05) is 18.2 Å². The number of likely N-dealkylation sites (tertiary alicyclic amines) is 1. The first kappa shape index (κ1) is 24.2. The Balaban J connectivity index is 0.00000300. The standard InChI is InChI=1S/C22H35N3O3.HI/c1-23-22(25-13-11-19(12-14-25)27-16-6-15-26-2)24-17-18-7-3-4-10-21(18)28-20-8-5-9-20;/h3-4,7,10,19-20H,5-6,8-9,11-17H2,1-2H3,(H,23,24);1H. The number of aliphatic imine (C=N–C) groups is 1. The Kier molecular flexibility index (Phi) is 11.1. The molecule has 1 aliphatic heterocycles. The highest BCUT2D eigenvalue weighted by Crippen LogP contribution is 2.27. The summed E-state index contributed by atoms with van der Waals surface area (Å²) >= 11 is 0. The number of nitrogens with zero attached hydrogens (tertiary/aromatic N) is 2. The molecular formula is C22H36IN3O3. The first-order valence-corrected chi connectivity index (χ1v) is 10.6. The average molecular weight is 517 g/mol. The predicted octanol–water partition coefficient (Wildman–Crippen LogP) is 3.83. The molecule has 6 nitrogen and oxygen atoms in total. The third kappa shape index (κ3) is 7.61. The van der Waals surface area contributed by atoms with Crippen LogP contribution in [0, 0.1) is 0 Å². The van der Waals surface area contributed by atoms with E-state index in [-0.39, 0.29) is 24.0 Å². The van der Waals surface area contributed by atoms with E-state index in [2.05, 4.69) is 33.4 Å². The van der Waals surface area contributed by atoms with Crippen LogP contribution in [0.25, 0.3) is 0 Å². The molecule has 1 heterocycles. The van der Waals surface area contributed by atoms with Gasteiger partial charge in [-0.05, 0) is 44.6 Å². The van der Waals surface area contributed by atoms with Crippen LogP contribution in [0.1, 0.15) is 44.1 Å². The van der Waals surface area contributed by atoms with E-state index < -0.39 is 0 Å². The molecule has 0 radical (unpaired) electrons. The summed E-state index contributed by atoms with van der Waals surface area (Å²) in [5, 5.41) is 3.52. The van der Waals surface area contributed by atoms with Crippen molar-refractivity contribution >= 4 is 29.9 Å². The molecule has 1 N–H and O–H groups in total. The van der Waals surface area contributed by atoms with Crippen LogP contribution in [-0.4, -0.2) is 63.5 Å². The summed E-state index contributed by atoms with van der Waals surface area (Å²) in [4.78, 5) is 6.81. The number of para-hydroxylation sites is 1. The lowest BCUT2D eigenvalue weighted by Gasteiger charge is -2.34. The van der Waals surface area contributed by atoms with E-state index in [0.29, 0.717) is 12.2 Å². The summed E-state index contributed by atoms with van der Waals surface area (Å²) in [5.41, 5.74) is 1.19. The van der Waals surface area contributed by atoms with Crippen LogP contribution in [-0.2, 0) is 16.0 Å². The van der Waals surface area contributed by atoms with Crippen LogP contribution >= 0.6 is 24.0 Å². The van der Waals surface area contributed by atoms with Gasteiger partial charge in [-0.25, -0.2) is 0 Å². The zero-order valence-corrected chi connectivity index (χ0v) is 20.1. The largest absolute Gasteiger partial charge is 0.490 e. The minimum absolute atomic E-state index is 0. The SMILES string of the molecule is CN=C(NCc1ccccc1OC1CCC1)N1CCC(OCCCOC)CC1.I. The molecule has 1 aromatic rings. The molecule has 0 amide bonds. The van der Waals surface area contributed by atoms with Gasteiger partial charge in [-0.15, -0.1) is 24.0 Å². The Morgan fingerprint density at radius 1 is 1.10 bits per heavy atom. The monoisotopic (exact) mass is 517 g/mol. The molecule has 1 aliphatic carbocycles. The van der Waals surface area contributed by atoms with E-state index in [1.807, 2.05) is 13.1 Å². The summed E-state index contributed by atoms with van der Waals surface area (Å²) in [6, 6.07) is 8.32. The number of piperidine rings is 1. The van der Waals surface area contributed by atoms with E-state index in [1.54, 1.807) is 7.11 Å². The van der Waals surface area contributed by atoms with Gasteiger partial charge in [-0.2, -0.15) is 0 Å². The van der Waals surface area contributed by atoms with E-state index in [9.17, 15) is 0 Å². The van der Waals surface area contributed by atoms with Gasteiger partial charge < -0.3 is 24.4 Å². The van der Waals surface area contributed by atoms with E-state index in [1.165, 1.54) is 24.8 Å². The van der Waals surface area contributed by atoms with Gasteiger partial charge in [0.1, 0.15) is 5.75 Å². The minimum Gasteiger partial charge on any atom is -0.490 e. The minimum atomic E-state index is 0. The Bertz CT molecular complexity index is 617. The van der Waals surface area contributed by atoms with Gasteiger partial charge >= 0.3 is 0 Å². The molecule has 3 rings (SSSR count). The summed E-state index contributed by atoms with van der Waals surface area (Å²) in [5.74, 6) is 1.95. The fourth-order valence-corrected chi connectivity index (χ4v) is 3.63. The lowest BCUT2D eigenvalue weighted by Crippen LogP contribution is -2.46. The van der Waals surface area contributed by atoms with Crippen molar-refractivity contribution in [3.63, 3.8) is 0 Å². The van der Waals surface area contributed by atoms with Crippen LogP contribution in [0.3, 0.4) is 0 Å². The number of nitrogens with one attached hydrogen (secondary N) is 1. The number of hydrogen-bond donors (Lipinski definition) is 1. The zero-order chi connectivity index (χ0) is 19.6. The smallest absolute Gasteiger partial charge is 0.193 e. The Morgan fingerprint density at radius 3 is 2.52 bits per heavy atom. The number of guanidine groups is 1. The van der Waals surface area contributed by atoms with Crippen molar-refractivity contribution in [3.8, 4) is 5.75 Å². The lowest BCUT2D eigenvalue weighted by atomic mass is 9.96. The second-order valence-corrected chi connectivity index (χ2v) is 7.58. The number of halogens is 1. The van der Waals surface area contributed by atoms with Crippen molar-refractivity contribution in [2.24, 2.45) is 4.99 Å². The Morgan fingerprint density at radius 2 is 1.86 bits per heavy atom. The van der Waals surface area contributed by atoms with Gasteiger partial charge in [0.2, 0.25) is 0 Å². The number of benzene rings is 1. The topological polar surface area (TPSA) is 55.3 Å². The molecule has 1 saturated carbocycles. The van der Waals surface area contributed by atoms with Crippen LogP contribution in [0.5, 0.6) is 5.75 Å². The van der Waals surface area contributed by atoms with E-state index in [0.717, 1.165) is 63.8 Å². The molecule has 2 fully saturated rings. The maximum absolute atomic E-state index is 6.14. The van der Waals surface area contributed by atoms with Crippen molar-refractivity contribution in [1.29, 1.82) is 0 Å². The molecular weight excluding hydrogens is 481 g/mol. The van der Waals surface area contributed by atoms with Crippen molar-refractivity contribution in [3.05, 3.63) is 29.8 Å². The highest BCUT2D eigenvalue weighted by Gasteiger charge is 2.23. The first-order chi connectivity index (χ1) is 13.8. The van der Waals surface area contributed by atoms with Gasteiger partial charge in [0.15, 0.2) is 5.96 Å². The number of hydrogen-bond acceptors (Lipinski definition) is 4. The van der Waals surface area contributed by atoms with Crippen LogP contribution < -0.4 is 10.1 Å². The maximum atomic E-state index is 6.14. The second-order valence-electron chi connectivity index (χ2n) is 7.58. The third-order valence-electron chi connectivity index (χ3n) is 5.56. The lowest BCUT2D eigenvalue weighted by molar-refractivity contribution is 0.00989. The predicted molar refractivity (Wildman–Crippen MR) is 127 cm³/mol. The molecule has 164 valence electrons. The van der Waals surface area contributed by atoms with E-state index >= 15 is 0 Å².